The molecular weight excluding hydrogens is 364 g/mol. The highest BCUT2D eigenvalue weighted by molar-refractivity contribution is 5.76. The van der Waals surface area contributed by atoms with Crippen LogP contribution in [0, 0.1) is 5.92 Å². The third-order valence-electron chi connectivity index (χ3n) is 6.88. The zero-order chi connectivity index (χ0) is 20.3. The summed E-state index contributed by atoms with van der Waals surface area (Å²) in [6.07, 6.45) is 6.76. The Morgan fingerprint density at radius 1 is 1.17 bits per heavy atom. The Labute approximate surface area is 175 Å². The Hall–Kier alpha value is -1.66. The Morgan fingerprint density at radius 3 is 2.59 bits per heavy atom. The predicted molar refractivity (Wildman–Crippen MR) is 115 cm³/mol. The van der Waals surface area contributed by atoms with Gasteiger partial charge in [0.05, 0.1) is 5.60 Å². The van der Waals surface area contributed by atoms with E-state index >= 15 is 0 Å². The van der Waals surface area contributed by atoms with Gasteiger partial charge in [-0.05, 0) is 43.7 Å². The molecule has 6 nitrogen and oxygen atoms in total. The van der Waals surface area contributed by atoms with E-state index in [0.29, 0.717) is 24.3 Å². The van der Waals surface area contributed by atoms with Crippen molar-refractivity contribution in [3.8, 4) is 0 Å². The molecule has 0 aromatic carbocycles. The zero-order valence-corrected chi connectivity index (χ0v) is 18.1. The van der Waals surface area contributed by atoms with E-state index in [4.69, 9.17) is 4.74 Å². The molecule has 4 heterocycles. The zero-order valence-electron chi connectivity index (χ0n) is 18.1. The maximum atomic E-state index is 12.4. The number of ether oxygens (including phenoxy) is 1. The van der Waals surface area contributed by atoms with Crippen molar-refractivity contribution in [1.82, 2.24) is 14.8 Å². The van der Waals surface area contributed by atoms with Crippen molar-refractivity contribution in [2.24, 2.45) is 5.92 Å². The Kier molecular flexibility index (Phi) is 6.40. The SMILES string of the molecule is CC(C)CC(=O)N1CCC2(CC1)C[C@@H](N1CCN(c3ccccn3)CC1)CCO2. The molecule has 1 spiro atoms. The number of piperidine rings is 1. The largest absolute Gasteiger partial charge is 0.375 e. The average molecular weight is 401 g/mol. The van der Waals surface area contributed by atoms with Gasteiger partial charge in [0.25, 0.3) is 0 Å². The van der Waals surface area contributed by atoms with Gasteiger partial charge in [0.2, 0.25) is 5.91 Å². The van der Waals surface area contributed by atoms with Crippen LogP contribution in [-0.4, -0.2) is 78.2 Å². The number of carbonyl (C=O) groups is 1. The predicted octanol–water partition coefficient (Wildman–Crippen LogP) is 2.79. The van der Waals surface area contributed by atoms with Crippen LogP contribution in [0.5, 0.6) is 0 Å². The van der Waals surface area contributed by atoms with E-state index in [-0.39, 0.29) is 5.60 Å². The van der Waals surface area contributed by atoms with Crippen LogP contribution in [0.15, 0.2) is 24.4 Å². The summed E-state index contributed by atoms with van der Waals surface area (Å²) in [5.41, 5.74) is -0.0182. The number of likely N-dealkylation sites (tertiary alicyclic amines) is 1. The number of hydrogen-bond donors (Lipinski definition) is 0. The third-order valence-corrected chi connectivity index (χ3v) is 6.88. The van der Waals surface area contributed by atoms with Crippen molar-refractivity contribution in [2.45, 2.75) is 57.6 Å². The number of carbonyl (C=O) groups excluding carboxylic acids is 1. The van der Waals surface area contributed by atoms with Crippen molar-refractivity contribution in [2.75, 3.05) is 50.8 Å². The minimum absolute atomic E-state index is 0.0182. The van der Waals surface area contributed by atoms with Gasteiger partial charge >= 0.3 is 0 Å². The van der Waals surface area contributed by atoms with Crippen molar-refractivity contribution in [1.29, 1.82) is 0 Å². The van der Waals surface area contributed by atoms with Crippen molar-refractivity contribution in [3.05, 3.63) is 24.4 Å². The van der Waals surface area contributed by atoms with Gasteiger partial charge in [-0.25, -0.2) is 4.98 Å². The van der Waals surface area contributed by atoms with Crippen LogP contribution in [0.3, 0.4) is 0 Å². The number of hydrogen-bond acceptors (Lipinski definition) is 5. The normalized spacial score (nSPS) is 25.6. The smallest absolute Gasteiger partial charge is 0.222 e. The fourth-order valence-corrected chi connectivity index (χ4v) is 5.16. The first-order valence-corrected chi connectivity index (χ1v) is 11.4. The molecule has 0 saturated carbocycles. The van der Waals surface area contributed by atoms with Crippen LogP contribution in [-0.2, 0) is 9.53 Å². The van der Waals surface area contributed by atoms with Crippen molar-refractivity contribution < 1.29 is 9.53 Å². The van der Waals surface area contributed by atoms with Crippen LogP contribution >= 0.6 is 0 Å². The number of aromatic nitrogens is 1. The second-order valence-corrected chi connectivity index (χ2v) is 9.37. The van der Waals surface area contributed by atoms with E-state index < -0.39 is 0 Å². The molecule has 3 aliphatic rings. The molecule has 3 saturated heterocycles. The number of rotatable bonds is 4. The molecule has 0 aliphatic carbocycles. The standard InChI is InChI=1S/C23H36N4O2/c1-19(2)17-22(28)27-10-7-23(8-11-27)18-20(6-16-29-23)25-12-14-26(15-13-25)21-5-3-4-9-24-21/h3-5,9,19-20H,6-8,10-18H2,1-2H3/t20-/m0/s1. The molecule has 6 heteroatoms. The summed E-state index contributed by atoms with van der Waals surface area (Å²) in [7, 11) is 0. The average Bonchev–Trinajstić information content (AvgIpc) is 2.74. The van der Waals surface area contributed by atoms with Crippen molar-refractivity contribution in [3.63, 3.8) is 0 Å². The summed E-state index contributed by atoms with van der Waals surface area (Å²) in [6, 6.07) is 6.75. The maximum absolute atomic E-state index is 12.4. The summed E-state index contributed by atoms with van der Waals surface area (Å²) >= 11 is 0. The van der Waals surface area contributed by atoms with Gasteiger partial charge in [0.1, 0.15) is 5.82 Å². The summed E-state index contributed by atoms with van der Waals surface area (Å²) in [6.45, 7) is 11.1. The summed E-state index contributed by atoms with van der Waals surface area (Å²) in [4.78, 5) is 24.0. The quantitative estimate of drug-likeness (QED) is 0.778. The number of piperazine rings is 1. The second-order valence-electron chi connectivity index (χ2n) is 9.37. The lowest BCUT2D eigenvalue weighted by molar-refractivity contribution is -0.149. The number of amides is 1. The van der Waals surface area contributed by atoms with E-state index in [0.717, 1.165) is 77.4 Å². The fraction of sp³-hybridized carbons (Fsp3) is 0.739. The highest BCUT2D eigenvalue weighted by atomic mass is 16.5. The molecule has 29 heavy (non-hydrogen) atoms. The highest BCUT2D eigenvalue weighted by Gasteiger charge is 2.42. The van der Waals surface area contributed by atoms with E-state index in [1.807, 2.05) is 12.3 Å². The first kappa shape index (κ1) is 20.6. The fourth-order valence-electron chi connectivity index (χ4n) is 5.16. The van der Waals surface area contributed by atoms with Gasteiger partial charge in [-0.1, -0.05) is 19.9 Å². The van der Waals surface area contributed by atoms with Crippen LogP contribution in [0.25, 0.3) is 0 Å². The van der Waals surface area contributed by atoms with E-state index in [1.165, 1.54) is 0 Å². The lowest BCUT2D eigenvalue weighted by Gasteiger charge is -2.49. The molecule has 1 aromatic heterocycles. The topological polar surface area (TPSA) is 48.9 Å². The molecule has 0 unspecified atom stereocenters. The molecule has 0 bridgehead atoms. The molecule has 4 rings (SSSR count). The highest BCUT2D eigenvalue weighted by Crippen LogP contribution is 2.37. The van der Waals surface area contributed by atoms with Gasteiger partial charge < -0.3 is 14.5 Å². The first-order valence-electron chi connectivity index (χ1n) is 11.4. The maximum Gasteiger partial charge on any atom is 0.222 e. The summed E-state index contributed by atoms with van der Waals surface area (Å²) in [5.74, 6) is 1.83. The molecule has 1 amide bonds. The van der Waals surface area contributed by atoms with Crippen LogP contribution in [0.1, 0.15) is 46.0 Å². The van der Waals surface area contributed by atoms with E-state index in [9.17, 15) is 4.79 Å². The van der Waals surface area contributed by atoms with E-state index in [1.54, 1.807) is 0 Å². The van der Waals surface area contributed by atoms with E-state index in [2.05, 4.69) is 45.7 Å². The molecule has 160 valence electrons. The Balaban J connectivity index is 1.29. The molecule has 3 aliphatic heterocycles. The van der Waals surface area contributed by atoms with Gasteiger partial charge in [0.15, 0.2) is 0 Å². The molecule has 3 fully saturated rings. The molecule has 1 atom stereocenters. The van der Waals surface area contributed by atoms with Gasteiger partial charge in [-0.2, -0.15) is 0 Å². The number of nitrogens with zero attached hydrogens (tertiary/aromatic N) is 4. The second kappa shape index (κ2) is 9.00. The van der Waals surface area contributed by atoms with Gasteiger partial charge in [0, 0.05) is 64.5 Å². The van der Waals surface area contributed by atoms with Gasteiger partial charge in [-0.3, -0.25) is 9.69 Å². The molecule has 0 N–H and O–H groups in total. The summed E-state index contributed by atoms with van der Waals surface area (Å²) < 4.78 is 6.34. The van der Waals surface area contributed by atoms with Crippen LogP contribution < -0.4 is 4.90 Å². The summed E-state index contributed by atoms with van der Waals surface area (Å²) in [5, 5.41) is 0. The van der Waals surface area contributed by atoms with Crippen LogP contribution in [0.4, 0.5) is 5.82 Å². The lowest BCUT2D eigenvalue weighted by Crippen LogP contribution is -2.57. The lowest BCUT2D eigenvalue weighted by atomic mass is 9.81. The van der Waals surface area contributed by atoms with Crippen LogP contribution in [0.2, 0.25) is 0 Å². The van der Waals surface area contributed by atoms with Crippen molar-refractivity contribution >= 4 is 11.7 Å². The Morgan fingerprint density at radius 2 is 1.93 bits per heavy atom. The number of pyridine rings is 1. The molecule has 1 aromatic rings. The monoisotopic (exact) mass is 400 g/mol. The third kappa shape index (κ3) is 4.92. The first-order chi connectivity index (χ1) is 14.0. The molecule has 0 radical (unpaired) electrons. The molecular formula is C23H36N4O2. The van der Waals surface area contributed by atoms with Gasteiger partial charge in [-0.15, -0.1) is 0 Å². The number of anilines is 1. The Bertz CT molecular complexity index is 665. The minimum atomic E-state index is -0.0182. The minimum Gasteiger partial charge on any atom is -0.375 e.